The number of fused-ring (bicyclic) bond motifs is 1. The van der Waals surface area contributed by atoms with Crippen LogP contribution in [0, 0.1) is 29.0 Å². The van der Waals surface area contributed by atoms with Crippen molar-refractivity contribution >= 4 is 22.9 Å². The maximum atomic E-state index is 14.4. The number of anilines is 1. The fourth-order valence-electron chi connectivity index (χ4n) is 3.43. The van der Waals surface area contributed by atoms with Crippen LogP contribution in [-0.2, 0) is 11.0 Å². The first-order valence-corrected chi connectivity index (χ1v) is 8.06. The summed E-state index contributed by atoms with van der Waals surface area (Å²) in [5, 5.41) is 9.54. The summed E-state index contributed by atoms with van der Waals surface area (Å²) < 4.78 is 53.3. The van der Waals surface area contributed by atoms with Gasteiger partial charge in [0.2, 0.25) is 0 Å². The van der Waals surface area contributed by atoms with Crippen molar-refractivity contribution in [3.8, 4) is 6.07 Å². The first-order valence-electron chi connectivity index (χ1n) is 8.06. The molecule has 1 unspecified atom stereocenters. The molecule has 2 atom stereocenters. The highest BCUT2D eigenvalue weighted by molar-refractivity contribution is 5.95. The van der Waals surface area contributed by atoms with Gasteiger partial charge in [0, 0.05) is 30.6 Å². The summed E-state index contributed by atoms with van der Waals surface area (Å²) in [6.07, 6.45) is -2.28. The Labute approximate surface area is 147 Å². The normalized spacial score (nSPS) is 20.8. The monoisotopic (exact) mass is 365 g/mol. The zero-order valence-corrected chi connectivity index (χ0v) is 13.8. The Hall–Kier alpha value is -2.69. The molecule has 1 aliphatic heterocycles. The van der Waals surface area contributed by atoms with Gasteiger partial charge in [0.25, 0.3) is 0 Å². The molecule has 136 valence electrons. The van der Waals surface area contributed by atoms with E-state index in [4.69, 9.17) is 0 Å². The lowest BCUT2D eigenvalue weighted by atomic mass is 9.87. The number of aldehydes is 1. The number of hydrogen-bond acceptors (Lipinski definition) is 4. The molecule has 0 N–H and O–H groups in total. The van der Waals surface area contributed by atoms with Gasteiger partial charge < -0.3 is 9.69 Å². The van der Waals surface area contributed by atoms with Gasteiger partial charge in [-0.25, -0.2) is 4.39 Å². The summed E-state index contributed by atoms with van der Waals surface area (Å²) in [7, 11) is 0. The minimum atomic E-state index is -4.83. The molecule has 1 fully saturated rings. The van der Waals surface area contributed by atoms with Crippen molar-refractivity contribution in [2.75, 3.05) is 18.0 Å². The molecule has 0 amide bonds. The molecule has 1 aliphatic rings. The number of rotatable bonds is 2. The topological polar surface area (TPSA) is 57.0 Å². The molecule has 26 heavy (non-hydrogen) atoms. The first-order chi connectivity index (χ1) is 12.3. The summed E-state index contributed by atoms with van der Waals surface area (Å²) in [4.78, 5) is 16.7. The molecular formula is C18H15F4N3O. The van der Waals surface area contributed by atoms with Gasteiger partial charge in [-0.05, 0) is 24.5 Å². The van der Waals surface area contributed by atoms with Crippen LogP contribution in [0.25, 0.3) is 10.9 Å². The van der Waals surface area contributed by atoms with Crippen molar-refractivity contribution < 1.29 is 22.4 Å². The SMILES string of the molecule is C[C@@H]1CN(c2c(C#N)cnc3c(F)c(C(F)(F)F)ccc23)CCC1C=O. The number of aromatic nitrogens is 1. The van der Waals surface area contributed by atoms with Gasteiger partial charge in [-0.15, -0.1) is 0 Å². The third-order valence-corrected chi connectivity index (χ3v) is 4.84. The predicted molar refractivity (Wildman–Crippen MR) is 87.0 cm³/mol. The van der Waals surface area contributed by atoms with Crippen LogP contribution in [0.2, 0.25) is 0 Å². The number of nitriles is 1. The molecule has 0 bridgehead atoms. The minimum Gasteiger partial charge on any atom is -0.370 e. The van der Waals surface area contributed by atoms with Gasteiger partial charge in [-0.2, -0.15) is 18.4 Å². The number of piperidine rings is 1. The Morgan fingerprint density at radius 1 is 1.38 bits per heavy atom. The van der Waals surface area contributed by atoms with Crippen LogP contribution in [0.1, 0.15) is 24.5 Å². The number of nitrogens with zero attached hydrogens (tertiary/aromatic N) is 3. The standard InChI is InChI=1S/C18H15F4N3O/c1-10-8-25(5-4-11(10)9-26)17-12(6-23)7-24-16-13(17)2-3-14(15(16)19)18(20,21)22/h2-3,7,9-11H,4-5,8H2,1H3/t10-,11?/m1/s1. The average molecular weight is 365 g/mol. The Bertz CT molecular complexity index is 904. The number of alkyl halides is 3. The zero-order valence-electron chi connectivity index (χ0n) is 13.8. The number of halogens is 4. The average Bonchev–Trinajstić information content (AvgIpc) is 2.59. The number of pyridine rings is 1. The van der Waals surface area contributed by atoms with E-state index in [1.165, 1.54) is 0 Å². The number of benzene rings is 1. The fourth-order valence-corrected chi connectivity index (χ4v) is 3.43. The second kappa shape index (κ2) is 6.56. The molecule has 2 heterocycles. The number of carbonyl (C=O) groups is 1. The second-order valence-electron chi connectivity index (χ2n) is 6.47. The molecule has 1 aromatic carbocycles. The van der Waals surface area contributed by atoms with Gasteiger partial charge in [0.15, 0.2) is 5.82 Å². The van der Waals surface area contributed by atoms with Crippen LogP contribution in [-0.4, -0.2) is 24.4 Å². The summed E-state index contributed by atoms with van der Waals surface area (Å²) >= 11 is 0. The van der Waals surface area contributed by atoms with E-state index in [9.17, 15) is 27.6 Å². The van der Waals surface area contributed by atoms with Gasteiger partial charge in [-0.1, -0.05) is 6.92 Å². The molecule has 2 aromatic rings. The van der Waals surface area contributed by atoms with Crippen LogP contribution in [0.3, 0.4) is 0 Å². The predicted octanol–water partition coefficient (Wildman–Crippen LogP) is 3.93. The lowest BCUT2D eigenvalue weighted by molar-refractivity contribution is -0.139. The van der Waals surface area contributed by atoms with E-state index in [1.54, 1.807) is 0 Å². The molecule has 0 spiro atoms. The third kappa shape index (κ3) is 2.98. The molecule has 3 rings (SSSR count). The van der Waals surface area contributed by atoms with Crippen LogP contribution in [0.4, 0.5) is 23.2 Å². The summed E-state index contributed by atoms with van der Waals surface area (Å²) in [6, 6.07) is 3.80. The van der Waals surface area contributed by atoms with Gasteiger partial charge in [0.05, 0.1) is 16.8 Å². The summed E-state index contributed by atoms with van der Waals surface area (Å²) in [6.45, 7) is 2.78. The van der Waals surface area contributed by atoms with Crippen molar-refractivity contribution in [2.24, 2.45) is 11.8 Å². The van der Waals surface area contributed by atoms with E-state index >= 15 is 0 Å². The van der Waals surface area contributed by atoms with E-state index in [1.807, 2.05) is 17.9 Å². The lowest BCUT2D eigenvalue weighted by Gasteiger charge is -2.37. The van der Waals surface area contributed by atoms with Crippen molar-refractivity contribution in [3.05, 3.63) is 35.3 Å². The van der Waals surface area contributed by atoms with Crippen LogP contribution in [0.15, 0.2) is 18.3 Å². The first kappa shape index (κ1) is 18.1. The van der Waals surface area contributed by atoms with Crippen molar-refractivity contribution in [1.29, 1.82) is 5.26 Å². The quantitative estimate of drug-likeness (QED) is 0.598. The van der Waals surface area contributed by atoms with Crippen LogP contribution in [0.5, 0.6) is 0 Å². The maximum Gasteiger partial charge on any atom is 0.419 e. The Morgan fingerprint density at radius 2 is 2.12 bits per heavy atom. The van der Waals surface area contributed by atoms with E-state index in [0.29, 0.717) is 31.3 Å². The molecule has 0 radical (unpaired) electrons. The lowest BCUT2D eigenvalue weighted by Crippen LogP contribution is -2.40. The van der Waals surface area contributed by atoms with Crippen LogP contribution < -0.4 is 4.90 Å². The van der Waals surface area contributed by atoms with Gasteiger partial charge >= 0.3 is 6.18 Å². The molecule has 4 nitrogen and oxygen atoms in total. The highest BCUT2D eigenvalue weighted by Crippen LogP contribution is 2.38. The Kier molecular flexibility index (Phi) is 4.57. The van der Waals surface area contributed by atoms with Crippen molar-refractivity contribution in [2.45, 2.75) is 19.5 Å². The van der Waals surface area contributed by atoms with E-state index in [2.05, 4.69) is 4.98 Å². The minimum absolute atomic E-state index is 0.00954. The van der Waals surface area contributed by atoms with Gasteiger partial charge in [-0.3, -0.25) is 4.98 Å². The largest absolute Gasteiger partial charge is 0.419 e. The second-order valence-corrected chi connectivity index (χ2v) is 6.47. The summed E-state index contributed by atoms with van der Waals surface area (Å²) in [5.41, 5.74) is -1.28. The van der Waals surface area contributed by atoms with E-state index in [0.717, 1.165) is 18.5 Å². The van der Waals surface area contributed by atoms with Gasteiger partial charge in [0.1, 0.15) is 17.9 Å². The summed E-state index contributed by atoms with van der Waals surface area (Å²) in [5.74, 6) is -1.55. The molecule has 1 aromatic heterocycles. The smallest absolute Gasteiger partial charge is 0.370 e. The number of hydrogen-bond donors (Lipinski definition) is 0. The van der Waals surface area contributed by atoms with Crippen LogP contribution >= 0.6 is 0 Å². The van der Waals surface area contributed by atoms with Crippen molar-refractivity contribution in [3.63, 3.8) is 0 Å². The molecule has 8 heteroatoms. The van der Waals surface area contributed by atoms with Crippen molar-refractivity contribution in [1.82, 2.24) is 4.98 Å². The molecule has 1 saturated heterocycles. The highest BCUT2D eigenvalue weighted by atomic mass is 19.4. The third-order valence-electron chi connectivity index (χ3n) is 4.84. The highest BCUT2D eigenvalue weighted by Gasteiger charge is 2.36. The van der Waals surface area contributed by atoms with E-state index in [-0.39, 0.29) is 22.8 Å². The number of carbonyl (C=O) groups excluding carboxylic acids is 1. The zero-order chi connectivity index (χ0) is 19.1. The Morgan fingerprint density at radius 3 is 2.69 bits per heavy atom. The maximum absolute atomic E-state index is 14.4. The molecule has 0 saturated carbocycles. The molecule has 0 aliphatic carbocycles. The molecular weight excluding hydrogens is 350 g/mol. The van der Waals surface area contributed by atoms with E-state index < -0.39 is 23.1 Å². The Balaban J connectivity index is 2.17. The fraction of sp³-hybridized carbons (Fsp3) is 0.389.